The maximum Gasteiger partial charge on any atom is 0.342 e. The van der Waals surface area contributed by atoms with Crippen LogP contribution in [-0.2, 0) is 21.3 Å². The molecule has 1 unspecified atom stereocenters. The number of H-pyrrole nitrogens is 1. The predicted molar refractivity (Wildman–Crippen MR) is 95.9 cm³/mol. The second kappa shape index (κ2) is 7.59. The number of nitrogens with one attached hydrogen (secondary N) is 1. The molecule has 0 spiro atoms. The van der Waals surface area contributed by atoms with E-state index in [2.05, 4.69) is 10.2 Å². The maximum absolute atomic E-state index is 13.3. The molecular formula is C18H23N3O4S. The van der Waals surface area contributed by atoms with E-state index >= 15 is 0 Å². The Morgan fingerprint density at radius 3 is 2.65 bits per heavy atom. The van der Waals surface area contributed by atoms with Crippen LogP contribution in [0.25, 0.3) is 0 Å². The van der Waals surface area contributed by atoms with Crippen LogP contribution in [0.4, 0.5) is 0 Å². The lowest BCUT2D eigenvalue weighted by Gasteiger charge is -2.28. The molecule has 8 heteroatoms. The van der Waals surface area contributed by atoms with Crippen molar-refractivity contribution in [3.05, 3.63) is 47.7 Å². The molecule has 0 saturated heterocycles. The molecule has 1 fully saturated rings. The first-order valence-corrected chi connectivity index (χ1v) is 10.2. The zero-order chi connectivity index (χ0) is 18.7. The van der Waals surface area contributed by atoms with Crippen molar-refractivity contribution in [2.75, 3.05) is 6.61 Å². The Kier molecular flexibility index (Phi) is 5.43. The van der Waals surface area contributed by atoms with Gasteiger partial charge in [0.2, 0.25) is 0 Å². The number of aromatic nitrogens is 2. The third-order valence-corrected chi connectivity index (χ3v) is 6.51. The van der Waals surface area contributed by atoms with E-state index < -0.39 is 16.0 Å². The topological polar surface area (TPSA) is 92.4 Å². The SMILES string of the molecule is CCOC(=O)c1cn[nH]c1S(=O)(=O)N(Cc1ccccc1)C(C)C1CC1. The lowest BCUT2D eigenvalue weighted by Crippen LogP contribution is -2.40. The van der Waals surface area contributed by atoms with Crippen LogP contribution in [0, 0.1) is 5.92 Å². The minimum absolute atomic E-state index is 0.0621. The van der Waals surface area contributed by atoms with Gasteiger partial charge >= 0.3 is 5.97 Å². The number of esters is 1. The Bertz CT molecular complexity index is 860. The summed E-state index contributed by atoms with van der Waals surface area (Å²) in [6.45, 7) is 3.99. The summed E-state index contributed by atoms with van der Waals surface area (Å²) in [4.78, 5) is 12.1. The summed E-state index contributed by atoms with van der Waals surface area (Å²) < 4.78 is 33.1. The van der Waals surface area contributed by atoms with Crippen molar-refractivity contribution in [1.29, 1.82) is 0 Å². The predicted octanol–water partition coefficient (Wildman–Crippen LogP) is 2.58. The van der Waals surface area contributed by atoms with Gasteiger partial charge < -0.3 is 4.74 Å². The van der Waals surface area contributed by atoms with Crippen LogP contribution in [0.3, 0.4) is 0 Å². The molecule has 0 amide bonds. The highest BCUT2D eigenvalue weighted by molar-refractivity contribution is 7.89. The summed E-state index contributed by atoms with van der Waals surface area (Å²) in [6, 6.07) is 9.26. The molecule has 3 rings (SSSR count). The average molecular weight is 377 g/mol. The van der Waals surface area contributed by atoms with Gasteiger partial charge in [-0.25, -0.2) is 13.2 Å². The number of nitrogens with zero attached hydrogens (tertiary/aromatic N) is 2. The Hall–Kier alpha value is -2.19. The number of carbonyl (C=O) groups is 1. The standard InChI is InChI=1S/C18H23N3O4S/c1-3-25-18(22)16-11-19-20-17(16)26(23,24)21(13(2)15-9-10-15)12-14-7-5-4-6-8-14/h4-8,11,13,15H,3,9-10,12H2,1-2H3,(H,19,20). The fraction of sp³-hybridized carbons (Fsp3) is 0.444. The molecule has 1 atom stereocenters. The van der Waals surface area contributed by atoms with Gasteiger partial charge in [-0.2, -0.15) is 9.40 Å². The van der Waals surface area contributed by atoms with E-state index in [0.717, 1.165) is 18.4 Å². The van der Waals surface area contributed by atoms with Crippen molar-refractivity contribution in [2.24, 2.45) is 5.92 Å². The molecule has 0 radical (unpaired) electrons. The molecule has 0 bridgehead atoms. The fourth-order valence-corrected chi connectivity index (χ4v) is 4.71. The molecule has 1 aliphatic carbocycles. The monoisotopic (exact) mass is 377 g/mol. The van der Waals surface area contributed by atoms with E-state index in [4.69, 9.17) is 4.74 Å². The van der Waals surface area contributed by atoms with Gasteiger partial charge in [0.05, 0.1) is 12.8 Å². The first-order chi connectivity index (χ1) is 12.4. The molecular weight excluding hydrogens is 354 g/mol. The minimum atomic E-state index is -3.94. The van der Waals surface area contributed by atoms with Gasteiger partial charge in [0.1, 0.15) is 5.56 Å². The van der Waals surface area contributed by atoms with E-state index in [-0.39, 0.29) is 29.8 Å². The van der Waals surface area contributed by atoms with Gasteiger partial charge in [-0.3, -0.25) is 5.10 Å². The van der Waals surface area contributed by atoms with E-state index in [1.807, 2.05) is 37.3 Å². The van der Waals surface area contributed by atoms with Crippen molar-refractivity contribution in [3.8, 4) is 0 Å². The number of aromatic amines is 1. The number of hydrogen-bond acceptors (Lipinski definition) is 5. The Morgan fingerprint density at radius 1 is 1.35 bits per heavy atom. The fourth-order valence-electron chi connectivity index (χ4n) is 2.97. The summed E-state index contributed by atoms with van der Waals surface area (Å²) in [5.74, 6) is -0.360. The van der Waals surface area contributed by atoms with E-state index in [9.17, 15) is 13.2 Å². The average Bonchev–Trinajstić information content (AvgIpc) is 3.35. The number of ether oxygens (including phenoxy) is 1. The maximum atomic E-state index is 13.3. The highest BCUT2D eigenvalue weighted by Crippen LogP contribution is 2.38. The summed E-state index contributed by atoms with van der Waals surface area (Å²) in [6.07, 6.45) is 3.22. The Labute approximate surface area is 153 Å². The van der Waals surface area contributed by atoms with Crippen molar-refractivity contribution in [1.82, 2.24) is 14.5 Å². The molecule has 1 aromatic carbocycles. The van der Waals surface area contributed by atoms with Crippen LogP contribution in [0.5, 0.6) is 0 Å². The normalized spacial score (nSPS) is 15.8. The van der Waals surface area contributed by atoms with Crippen molar-refractivity contribution in [3.63, 3.8) is 0 Å². The number of benzene rings is 1. The number of hydrogen-bond donors (Lipinski definition) is 1. The van der Waals surface area contributed by atoms with Gasteiger partial charge in [-0.05, 0) is 38.2 Å². The van der Waals surface area contributed by atoms with Crippen LogP contribution in [0.1, 0.15) is 42.6 Å². The minimum Gasteiger partial charge on any atom is -0.462 e. The summed E-state index contributed by atoms with van der Waals surface area (Å²) in [5, 5.41) is 6.05. The summed E-state index contributed by atoms with van der Waals surface area (Å²) in [7, 11) is -3.94. The van der Waals surface area contributed by atoms with Gasteiger partial charge in [-0.1, -0.05) is 30.3 Å². The number of rotatable bonds is 8. The second-order valence-electron chi connectivity index (χ2n) is 6.45. The lowest BCUT2D eigenvalue weighted by molar-refractivity contribution is 0.0521. The second-order valence-corrected chi connectivity index (χ2v) is 8.27. The van der Waals surface area contributed by atoms with Crippen LogP contribution >= 0.6 is 0 Å². The quantitative estimate of drug-likeness (QED) is 0.714. The molecule has 1 aliphatic rings. The smallest absolute Gasteiger partial charge is 0.342 e. The Morgan fingerprint density at radius 2 is 2.04 bits per heavy atom. The van der Waals surface area contributed by atoms with Gasteiger partial charge in [0.15, 0.2) is 5.03 Å². The van der Waals surface area contributed by atoms with E-state index in [0.29, 0.717) is 5.92 Å². The molecule has 1 saturated carbocycles. The third kappa shape index (κ3) is 3.81. The van der Waals surface area contributed by atoms with Crippen molar-refractivity contribution >= 4 is 16.0 Å². The van der Waals surface area contributed by atoms with Gasteiger partial charge in [-0.15, -0.1) is 0 Å². The van der Waals surface area contributed by atoms with Crippen molar-refractivity contribution in [2.45, 2.75) is 44.3 Å². The lowest BCUT2D eigenvalue weighted by atomic mass is 10.2. The number of sulfonamides is 1. The summed E-state index contributed by atoms with van der Waals surface area (Å²) in [5.41, 5.74) is 0.827. The Balaban J connectivity index is 1.97. The number of carbonyl (C=O) groups excluding carboxylic acids is 1. The van der Waals surface area contributed by atoms with Crippen molar-refractivity contribution < 1.29 is 17.9 Å². The zero-order valence-corrected chi connectivity index (χ0v) is 15.7. The molecule has 0 aliphatic heterocycles. The first-order valence-electron chi connectivity index (χ1n) is 8.71. The highest BCUT2D eigenvalue weighted by Gasteiger charge is 2.40. The van der Waals surface area contributed by atoms with Crippen LogP contribution in [0.2, 0.25) is 0 Å². The first kappa shape index (κ1) is 18.6. The molecule has 1 aromatic heterocycles. The largest absolute Gasteiger partial charge is 0.462 e. The summed E-state index contributed by atoms with van der Waals surface area (Å²) >= 11 is 0. The molecule has 1 N–H and O–H groups in total. The van der Waals surface area contributed by atoms with Gasteiger partial charge in [0.25, 0.3) is 10.0 Å². The van der Waals surface area contributed by atoms with Crippen LogP contribution in [-0.4, -0.2) is 41.5 Å². The van der Waals surface area contributed by atoms with E-state index in [1.165, 1.54) is 10.5 Å². The van der Waals surface area contributed by atoms with Crippen LogP contribution in [0.15, 0.2) is 41.6 Å². The van der Waals surface area contributed by atoms with Crippen LogP contribution < -0.4 is 0 Å². The zero-order valence-electron chi connectivity index (χ0n) is 14.9. The molecule has 26 heavy (non-hydrogen) atoms. The molecule has 2 aromatic rings. The molecule has 1 heterocycles. The molecule has 140 valence electrons. The highest BCUT2D eigenvalue weighted by atomic mass is 32.2. The molecule has 7 nitrogen and oxygen atoms in total. The van der Waals surface area contributed by atoms with Gasteiger partial charge in [0, 0.05) is 12.6 Å². The van der Waals surface area contributed by atoms with E-state index in [1.54, 1.807) is 6.92 Å². The third-order valence-electron chi connectivity index (χ3n) is 4.61.